The van der Waals surface area contributed by atoms with E-state index in [9.17, 15) is 0 Å². The van der Waals surface area contributed by atoms with Crippen LogP contribution in [-0.2, 0) is 0 Å². The molecule has 0 saturated carbocycles. The first-order chi connectivity index (χ1) is 8.20. The van der Waals surface area contributed by atoms with E-state index in [4.69, 9.17) is 11.6 Å². The van der Waals surface area contributed by atoms with Gasteiger partial charge in [-0.3, -0.25) is 0 Å². The zero-order chi connectivity index (χ0) is 12.3. The summed E-state index contributed by atoms with van der Waals surface area (Å²) in [5.74, 6) is 1.34. The number of aromatic nitrogens is 4. The molecule has 2 rings (SSSR count). The molecule has 0 aromatic carbocycles. The van der Waals surface area contributed by atoms with Crippen LogP contribution >= 0.6 is 23.4 Å². The summed E-state index contributed by atoms with van der Waals surface area (Å²) in [6.07, 6.45) is 4.66. The Balaban J connectivity index is 2.09. The van der Waals surface area contributed by atoms with Gasteiger partial charge in [0.15, 0.2) is 0 Å². The number of nitrogens with zero attached hydrogens (tertiary/aromatic N) is 4. The number of halogens is 1. The molecule has 0 radical (unpaired) electrons. The molecule has 1 N–H and O–H groups in total. The minimum Gasteiger partial charge on any atom is -0.370 e. The molecular weight excluding hydrogens is 258 g/mol. The van der Waals surface area contributed by atoms with Crippen molar-refractivity contribution < 1.29 is 0 Å². The van der Waals surface area contributed by atoms with Gasteiger partial charge in [-0.25, -0.2) is 0 Å². The van der Waals surface area contributed by atoms with E-state index in [-0.39, 0.29) is 0 Å². The number of nitrogens with one attached hydrogen (secondary N) is 1. The van der Waals surface area contributed by atoms with Crippen LogP contribution in [0.2, 0.25) is 5.15 Å². The van der Waals surface area contributed by atoms with Crippen LogP contribution in [0.5, 0.6) is 0 Å². The lowest BCUT2D eigenvalue weighted by atomic mass is 10.3. The van der Waals surface area contributed by atoms with Gasteiger partial charge in [-0.2, -0.15) is 31.3 Å². The molecule has 1 atom stereocenters. The highest BCUT2D eigenvalue weighted by Gasteiger charge is 2.06. The average Bonchev–Trinajstić information content (AvgIpc) is 2.76. The second-order valence-corrected chi connectivity index (χ2v) is 5.36. The third kappa shape index (κ3) is 3.01. The first kappa shape index (κ1) is 12.4. The fourth-order valence-corrected chi connectivity index (χ4v) is 1.96. The van der Waals surface area contributed by atoms with Gasteiger partial charge in [0.05, 0.1) is 0 Å². The van der Waals surface area contributed by atoms with E-state index >= 15 is 0 Å². The van der Waals surface area contributed by atoms with E-state index in [0.717, 1.165) is 18.8 Å². The monoisotopic (exact) mass is 271 g/mol. The van der Waals surface area contributed by atoms with Gasteiger partial charge in [-0.1, -0.05) is 18.5 Å². The number of hydrogen-bond acceptors (Lipinski definition) is 5. The van der Waals surface area contributed by atoms with Crippen LogP contribution in [0.25, 0.3) is 5.78 Å². The zero-order valence-corrected chi connectivity index (χ0v) is 11.3. The van der Waals surface area contributed by atoms with Crippen molar-refractivity contribution in [3.05, 3.63) is 17.5 Å². The summed E-state index contributed by atoms with van der Waals surface area (Å²) < 4.78 is 1.65. The second kappa shape index (κ2) is 5.55. The molecule has 5 nitrogen and oxygen atoms in total. The Labute approximate surface area is 109 Å². The number of fused-ring (bicyclic) bond motifs is 1. The Bertz CT molecular complexity index is 500. The van der Waals surface area contributed by atoms with Gasteiger partial charge in [-0.05, 0) is 12.7 Å². The van der Waals surface area contributed by atoms with Crippen molar-refractivity contribution in [3.8, 4) is 0 Å². The summed E-state index contributed by atoms with van der Waals surface area (Å²) >= 11 is 7.77. The van der Waals surface area contributed by atoms with Gasteiger partial charge in [0, 0.05) is 17.9 Å². The highest BCUT2D eigenvalue weighted by molar-refractivity contribution is 7.99. The zero-order valence-electron chi connectivity index (χ0n) is 9.72. The van der Waals surface area contributed by atoms with Gasteiger partial charge in [-0.15, -0.1) is 0 Å². The summed E-state index contributed by atoms with van der Waals surface area (Å²) in [6.45, 7) is 3.08. The molecule has 1 unspecified atom stereocenters. The summed E-state index contributed by atoms with van der Waals surface area (Å²) in [5, 5.41) is 8.45. The highest BCUT2D eigenvalue weighted by atomic mass is 35.5. The predicted molar refractivity (Wildman–Crippen MR) is 71.9 cm³/mol. The molecule has 0 aliphatic heterocycles. The summed E-state index contributed by atoms with van der Waals surface area (Å²) in [4.78, 5) is 8.08. The van der Waals surface area contributed by atoms with E-state index in [1.165, 1.54) is 6.33 Å². The highest BCUT2D eigenvalue weighted by Crippen LogP contribution is 2.15. The smallest absolute Gasteiger partial charge is 0.255 e. The molecule has 0 amide bonds. The maximum Gasteiger partial charge on any atom is 0.255 e. The first-order valence-corrected chi connectivity index (χ1v) is 7.00. The molecule has 0 fully saturated rings. The van der Waals surface area contributed by atoms with Crippen LogP contribution in [0.15, 0.2) is 12.4 Å². The van der Waals surface area contributed by atoms with Gasteiger partial charge in [0.1, 0.15) is 17.3 Å². The molecule has 0 aliphatic carbocycles. The van der Waals surface area contributed by atoms with Crippen molar-refractivity contribution in [3.63, 3.8) is 0 Å². The second-order valence-electron chi connectivity index (χ2n) is 3.70. The van der Waals surface area contributed by atoms with Gasteiger partial charge < -0.3 is 5.32 Å². The van der Waals surface area contributed by atoms with E-state index in [1.54, 1.807) is 10.6 Å². The third-order valence-electron chi connectivity index (χ3n) is 2.48. The maximum atomic E-state index is 5.91. The standard InChI is InChI=1S/C10H14ClN5S/c1-7(17-2)3-4-12-9-5-8(11)15-10-13-6-14-16(9)10/h5-7,12H,3-4H2,1-2H3. The molecule has 0 aliphatic rings. The molecule has 2 aromatic heterocycles. The van der Waals surface area contributed by atoms with Crippen LogP contribution in [0.1, 0.15) is 13.3 Å². The van der Waals surface area contributed by atoms with Crippen LogP contribution < -0.4 is 5.32 Å². The summed E-state index contributed by atoms with van der Waals surface area (Å²) in [6, 6.07) is 1.76. The topological polar surface area (TPSA) is 55.1 Å². The Kier molecular flexibility index (Phi) is 4.06. The van der Waals surface area contributed by atoms with Crippen molar-refractivity contribution in [2.24, 2.45) is 0 Å². The van der Waals surface area contributed by atoms with E-state index in [0.29, 0.717) is 16.2 Å². The molecule has 17 heavy (non-hydrogen) atoms. The summed E-state index contributed by atoms with van der Waals surface area (Å²) in [5.41, 5.74) is 0. The van der Waals surface area contributed by atoms with Crippen molar-refractivity contribution in [1.82, 2.24) is 19.6 Å². The average molecular weight is 272 g/mol. The summed E-state index contributed by atoms with van der Waals surface area (Å²) in [7, 11) is 0. The largest absolute Gasteiger partial charge is 0.370 e. The molecule has 0 spiro atoms. The van der Waals surface area contributed by atoms with E-state index < -0.39 is 0 Å². The number of hydrogen-bond donors (Lipinski definition) is 1. The van der Waals surface area contributed by atoms with Crippen LogP contribution in [0.3, 0.4) is 0 Å². The molecule has 2 heterocycles. The van der Waals surface area contributed by atoms with Crippen LogP contribution in [0, 0.1) is 0 Å². The Morgan fingerprint density at radius 2 is 2.41 bits per heavy atom. The SMILES string of the molecule is CSC(C)CCNc1cc(Cl)nc2ncnn12. The van der Waals surface area contributed by atoms with Gasteiger partial charge >= 0.3 is 0 Å². The maximum absolute atomic E-state index is 5.91. The van der Waals surface area contributed by atoms with Crippen molar-refractivity contribution in [2.75, 3.05) is 18.1 Å². The lowest BCUT2D eigenvalue weighted by Gasteiger charge is -2.10. The van der Waals surface area contributed by atoms with Crippen molar-refractivity contribution >= 4 is 35.0 Å². The Morgan fingerprint density at radius 1 is 1.59 bits per heavy atom. The Hall–Kier alpha value is -1.01. The number of thioether (sulfide) groups is 1. The quantitative estimate of drug-likeness (QED) is 0.846. The first-order valence-electron chi connectivity index (χ1n) is 5.33. The van der Waals surface area contributed by atoms with Crippen molar-refractivity contribution in [2.45, 2.75) is 18.6 Å². The molecule has 7 heteroatoms. The predicted octanol–water partition coefficient (Wildman–Crippen LogP) is 2.33. The minimum atomic E-state index is 0.422. The van der Waals surface area contributed by atoms with E-state index in [1.807, 2.05) is 11.8 Å². The normalized spacial score (nSPS) is 12.9. The van der Waals surface area contributed by atoms with Crippen molar-refractivity contribution in [1.29, 1.82) is 0 Å². The molecule has 0 saturated heterocycles. The lowest BCUT2D eigenvalue weighted by Crippen LogP contribution is -2.11. The molecule has 92 valence electrons. The van der Waals surface area contributed by atoms with Gasteiger partial charge in [0.25, 0.3) is 5.78 Å². The number of rotatable bonds is 5. The Morgan fingerprint density at radius 3 is 3.18 bits per heavy atom. The number of anilines is 1. The van der Waals surface area contributed by atoms with Gasteiger partial charge in [0.2, 0.25) is 0 Å². The minimum absolute atomic E-state index is 0.422. The fraction of sp³-hybridized carbons (Fsp3) is 0.500. The lowest BCUT2D eigenvalue weighted by molar-refractivity contribution is 0.836. The van der Waals surface area contributed by atoms with Crippen LogP contribution in [0.4, 0.5) is 5.82 Å². The fourth-order valence-electron chi connectivity index (χ4n) is 1.43. The molecular formula is C10H14ClN5S. The van der Waals surface area contributed by atoms with E-state index in [2.05, 4.69) is 33.6 Å². The third-order valence-corrected chi connectivity index (χ3v) is 3.71. The van der Waals surface area contributed by atoms with Crippen LogP contribution in [-0.4, -0.2) is 37.6 Å². The molecule has 0 bridgehead atoms. The molecule has 2 aromatic rings.